The molecule has 0 N–H and O–H groups in total. The number of benzene rings is 2. The van der Waals surface area contributed by atoms with E-state index in [-0.39, 0.29) is 5.41 Å². The Morgan fingerprint density at radius 3 is 2.28 bits per heavy atom. The van der Waals surface area contributed by atoms with Crippen molar-refractivity contribution in [1.82, 2.24) is 0 Å². The molecule has 0 aliphatic heterocycles. The van der Waals surface area contributed by atoms with E-state index in [1.54, 1.807) is 11.8 Å². The van der Waals surface area contributed by atoms with Crippen molar-refractivity contribution < 1.29 is 0 Å². The minimum atomic E-state index is -0.210. The van der Waals surface area contributed by atoms with E-state index in [4.69, 9.17) is 0 Å². The van der Waals surface area contributed by atoms with E-state index >= 15 is 0 Å². The summed E-state index contributed by atoms with van der Waals surface area (Å²) in [5.41, 5.74) is 0.986. The lowest BCUT2D eigenvalue weighted by molar-refractivity contribution is 0.878. The standard InChI is InChI=1S/C16H13NS/c17-12-16(10-11-16)14-8-4-5-9-15(14)18-13-6-2-1-3-7-13/h1-9H,10-11H2. The highest BCUT2D eigenvalue weighted by molar-refractivity contribution is 7.99. The summed E-state index contributed by atoms with van der Waals surface area (Å²) in [5.74, 6) is 0. The zero-order valence-corrected chi connectivity index (χ0v) is 10.8. The molecule has 18 heavy (non-hydrogen) atoms. The molecule has 3 rings (SSSR count). The Morgan fingerprint density at radius 2 is 1.61 bits per heavy atom. The Morgan fingerprint density at radius 1 is 0.944 bits per heavy atom. The predicted molar refractivity (Wildman–Crippen MR) is 73.5 cm³/mol. The summed E-state index contributed by atoms with van der Waals surface area (Å²) in [6, 6.07) is 21.1. The molecule has 0 amide bonds. The van der Waals surface area contributed by atoms with Crippen LogP contribution in [-0.2, 0) is 5.41 Å². The van der Waals surface area contributed by atoms with Crippen LogP contribution in [0.15, 0.2) is 64.4 Å². The molecule has 1 aliphatic carbocycles. The Labute approximate surface area is 111 Å². The fourth-order valence-corrected chi connectivity index (χ4v) is 3.20. The van der Waals surface area contributed by atoms with Crippen LogP contribution in [-0.4, -0.2) is 0 Å². The predicted octanol–water partition coefficient (Wildman–Crippen LogP) is 4.39. The van der Waals surface area contributed by atoms with Gasteiger partial charge in [0, 0.05) is 9.79 Å². The van der Waals surface area contributed by atoms with Gasteiger partial charge < -0.3 is 0 Å². The molecule has 0 bridgehead atoms. The quantitative estimate of drug-likeness (QED) is 0.807. The molecule has 0 atom stereocenters. The molecule has 2 aromatic rings. The van der Waals surface area contributed by atoms with Crippen LogP contribution in [0.2, 0.25) is 0 Å². The topological polar surface area (TPSA) is 23.8 Å². The molecule has 1 nitrogen and oxygen atoms in total. The van der Waals surface area contributed by atoms with Gasteiger partial charge in [-0.05, 0) is 36.6 Å². The van der Waals surface area contributed by atoms with E-state index in [1.807, 2.05) is 30.3 Å². The van der Waals surface area contributed by atoms with E-state index < -0.39 is 0 Å². The van der Waals surface area contributed by atoms with Gasteiger partial charge in [-0.2, -0.15) is 5.26 Å². The maximum Gasteiger partial charge on any atom is 0.0834 e. The summed E-state index contributed by atoms with van der Waals surface area (Å²) in [4.78, 5) is 2.43. The van der Waals surface area contributed by atoms with E-state index in [1.165, 1.54) is 15.4 Å². The third-order valence-electron chi connectivity index (χ3n) is 3.34. The average molecular weight is 251 g/mol. The van der Waals surface area contributed by atoms with Gasteiger partial charge in [0.25, 0.3) is 0 Å². The lowest BCUT2D eigenvalue weighted by Crippen LogP contribution is -2.03. The highest BCUT2D eigenvalue weighted by Gasteiger charge is 2.46. The zero-order chi connectivity index (χ0) is 12.4. The van der Waals surface area contributed by atoms with Crippen molar-refractivity contribution in [2.75, 3.05) is 0 Å². The lowest BCUT2D eigenvalue weighted by Gasteiger charge is -2.12. The Balaban J connectivity index is 1.96. The number of rotatable bonds is 3. The van der Waals surface area contributed by atoms with Crippen molar-refractivity contribution in [2.24, 2.45) is 0 Å². The summed E-state index contributed by atoms with van der Waals surface area (Å²) in [6.45, 7) is 0. The maximum atomic E-state index is 9.34. The summed E-state index contributed by atoms with van der Waals surface area (Å²) < 4.78 is 0. The number of hydrogen-bond acceptors (Lipinski definition) is 2. The van der Waals surface area contributed by atoms with E-state index in [0.717, 1.165) is 12.8 Å². The molecule has 0 unspecified atom stereocenters. The van der Waals surface area contributed by atoms with Gasteiger partial charge in [-0.3, -0.25) is 0 Å². The van der Waals surface area contributed by atoms with E-state index in [9.17, 15) is 5.26 Å². The van der Waals surface area contributed by atoms with Crippen molar-refractivity contribution in [1.29, 1.82) is 5.26 Å². The van der Waals surface area contributed by atoms with Gasteiger partial charge in [-0.25, -0.2) is 0 Å². The van der Waals surface area contributed by atoms with Gasteiger partial charge in [-0.1, -0.05) is 48.2 Å². The number of nitrogens with zero attached hydrogens (tertiary/aromatic N) is 1. The highest BCUT2D eigenvalue weighted by Crippen LogP contribution is 2.51. The SMILES string of the molecule is N#CC1(c2ccccc2Sc2ccccc2)CC1. The zero-order valence-electron chi connectivity index (χ0n) is 9.97. The second-order valence-electron chi connectivity index (χ2n) is 4.61. The van der Waals surface area contributed by atoms with Crippen molar-refractivity contribution in [2.45, 2.75) is 28.0 Å². The monoisotopic (exact) mass is 251 g/mol. The summed E-state index contributed by atoms with van der Waals surface area (Å²) >= 11 is 1.75. The first kappa shape index (κ1) is 11.4. The molecule has 0 spiro atoms. The molecule has 2 heteroatoms. The normalized spacial score (nSPS) is 15.9. The summed E-state index contributed by atoms with van der Waals surface area (Å²) in [5, 5.41) is 9.34. The molecule has 2 aromatic carbocycles. The second-order valence-corrected chi connectivity index (χ2v) is 5.72. The molecule has 0 heterocycles. The molecule has 0 radical (unpaired) electrons. The van der Waals surface area contributed by atoms with Crippen molar-refractivity contribution >= 4 is 11.8 Å². The molecule has 1 aliphatic rings. The largest absolute Gasteiger partial charge is 0.197 e. The molecule has 1 saturated carbocycles. The van der Waals surface area contributed by atoms with Gasteiger partial charge in [0.05, 0.1) is 11.5 Å². The average Bonchev–Trinajstić information content (AvgIpc) is 3.22. The van der Waals surface area contributed by atoms with E-state index in [2.05, 4.69) is 30.3 Å². The van der Waals surface area contributed by atoms with Crippen molar-refractivity contribution in [3.05, 3.63) is 60.2 Å². The molecule has 1 fully saturated rings. The Kier molecular flexibility index (Phi) is 2.85. The van der Waals surface area contributed by atoms with Gasteiger partial charge in [0.15, 0.2) is 0 Å². The van der Waals surface area contributed by atoms with Crippen LogP contribution in [0, 0.1) is 11.3 Å². The van der Waals surface area contributed by atoms with Gasteiger partial charge in [0.1, 0.15) is 0 Å². The molecular formula is C16H13NS. The Bertz CT molecular complexity index is 594. The van der Waals surface area contributed by atoms with Crippen LogP contribution < -0.4 is 0 Å². The van der Waals surface area contributed by atoms with Crippen LogP contribution >= 0.6 is 11.8 Å². The summed E-state index contributed by atoms with van der Waals surface area (Å²) in [6.07, 6.45) is 1.99. The van der Waals surface area contributed by atoms with Gasteiger partial charge in [0.2, 0.25) is 0 Å². The van der Waals surface area contributed by atoms with Gasteiger partial charge >= 0.3 is 0 Å². The Hall–Kier alpha value is -1.72. The third-order valence-corrected chi connectivity index (χ3v) is 4.42. The van der Waals surface area contributed by atoms with Gasteiger partial charge in [-0.15, -0.1) is 0 Å². The minimum Gasteiger partial charge on any atom is -0.197 e. The number of hydrogen-bond donors (Lipinski definition) is 0. The first-order valence-electron chi connectivity index (χ1n) is 6.08. The van der Waals surface area contributed by atoms with Crippen molar-refractivity contribution in [3.8, 4) is 6.07 Å². The summed E-state index contributed by atoms with van der Waals surface area (Å²) in [7, 11) is 0. The lowest BCUT2D eigenvalue weighted by atomic mass is 9.98. The van der Waals surface area contributed by atoms with E-state index in [0.29, 0.717) is 0 Å². The molecular weight excluding hydrogens is 238 g/mol. The highest BCUT2D eigenvalue weighted by atomic mass is 32.2. The first-order chi connectivity index (χ1) is 8.84. The smallest absolute Gasteiger partial charge is 0.0834 e. The fraction of sp³-hybridized carbons (Fsp3) is 0.188. The maximum absolute atomic E-state index is 9.34. The first-order valence-corrected chi connectivity index (χ1v) is 6.89. The van der Waals surface area contributed by atoms with Crippen LogP contribution in [0.5, 0.6) is 0 Å². The second kappa shape index (κ2) is 4.51. The van der Waals surface area contributed by atoms with Crippen molar-refractivity contribution in [3.63, 3.8) is 0 Å². The molecule has 88 valence electrons. The van der Waals surface area contributed by atoms with Crippen LogP contribution in [0.4, 0.5) is 0 Å². The molecule has 0 aromatic heterocycles. The molecule has 0 saturated heterocycles. The minimum absolute atomic E-state index is 0.210. The van der Waals surface area contributed by atoms with Crippen LogP contribution in [0.3, 0.4) is 0 Å². The van der Waals surface area contributed by atoms with Crippen LogP contribution in [0.25, 0.3) is 0 Å². The number of nitriles is 1. The van der Waals surface area contributed by atoms with Crippen LogP contribution in [0.1, 0.15) is 18.4 Å². The fourth-order valence-electron chi connectivity index (χ4n) is 2.13. The third kappa shape index (κ3) is 2.02.